The minimum absolute atomic E-state index is 0. The lowest BCUT2D eigenvalue weighted by Gasteiger charge is -2.35. The average molecular weight is 255 g/mol. The highest BCUT2D eigenvalue weighted by Crippen LogP contribution is 2.28. The monoisotopic (exact) mass is 254 g/mol. The van der Waals surface area contributed by atoms with Gasteiger partial charge >= 0.3 is 0 Å². The fourth-order valence-electron chi connectivity index (χ4n) is 2.40. The first-order valence-electron chi connectivity index (χ1n) is 5.36. The number of likely N-dealkylation sites (tertiary alicyclic amines) is 1. The lowest BCUT2D eigenvalue weighted by molar-refractivity contribution is -0.132. The molecule has 1 amide bonds. The quantitative estimate of drug-likeness (QED) is 0.765. The lowest BCUT2D eigenvalue weighted by atomic mass is 10.0. The first-order valence-corrected chi connectivity index (χ1v) is 5.36. The van der Waals surface area contributed by atoms with Gasteiger partial charge in [0.15, 0.2) is 0 Å². The van der Waals surface area contributed by atoms with E-state index < -0.39 is 5.92 Å². The smallest absolute Gasteiger partial charge is 0.262 e. The Hall–Kier alpha value is -0.420. The zero-order chi connectivity index (χ0) is 11.1. The third kappa shape index (κ3) is 2.83. The molecule has 2 rings (SSSR count). The van der Waals surface area contributed by atoms with Crippen LogP contribution in [0.25, 0.3) is 0 Å². The van der Waals surface area contributed by atoms with Crippen molar-refractivity contribution in [1.29, 1.82) is 0 Å². The fourth-order valence-corrected chi connectivity index (χ4v) is 2.40. The number of carbonyl (C=O) groups excluding carboxylic acids is 1. The van der Waals surface area contributed by atoms with E-state index in [1.165, 1.54) is 0 Å². The Labute approximate surface area is 100.0 Å². The zero-order valence-corrected chi connectivity index (χ0v) is 10.0. The number of carbonyl (C=O) groups is 1. The Morgan fingerprint density at radius 3 is 2.69 bits per heavy atom. The molecular weight excluding hydrogens is 238 g/mol. The van der Waals surface area contributed by atoms with Gasteiger partial charge in [-0.1, -0.05) is 6.92 Å². The van der Waals surface area contributed by atoms with Crippen molar-refractivity contribution in [2.24, 2.45) is 5.92 Å². The standard InChI is InChI=1S/C10H16F2N2O.ClH/c1-7-2-9(15)14(5-7)8-3-10(11,12)6-13-4-8;/h7-8,13H,2-6H2,1H3;1H/t7?,8-;/m1./s1. The van der Waals surface area contributed by atoms with Gasteiger partial charge in [0.05, 0.1) is 6.54 Å². The Morgan fingerprint density at radius 2 is 2.19 bits per heavy atom. The number of nitrogens with zero attached hydrogens (tertiary/aromatic N) is 1. The number of rotatable bonds is 1. The molecule has 1 unspecified atom stereocenters. The molecule has 0 radical (unpaired) electrons. The molecule has 94 valence electrons. The summed E-state index contributed by atoms with van der Waals surface area (Å²) >= 11 is 0. The van der Waals surface area contributed by atoms with E-state index in [9.17, 15) is 13.6 Å². The van der Waals surface area contributed by atoms with Crippen LogP contribution in [0, 0.1) is 5.92 Å². The zero-order valence-electron chi connectivity index (χ0n) is 9.21. The summed E-state index contributed by atoms with van der Waals surface area (Å²) in [5, 5.41) is 2.69. The van der Waals surface area contributed by atoms with E-state index in [1.54, 1.807) is 4.90 Å². The van der Waals surface area contributed by atoms with Gasteiger partial charge in [-0.25, -0.2) is 8.78 Å². The first kappa shape index (κ1) is 13.6. The summed E-state index contributed by atoms with van der Waals surface area (Å²) in [6, 6.07) is -0.328. The maximum absolute atomic E-state index is 13.1. The molecular formula is C10H17ClF2N2O. The van der Waals surface area contributed by atoms with Crippen LogP contribution in [-0.4, -0.2) is 42.4 Å². The van der Waals surface area contributed by atoms with Crippen LogP contribution < -0.4 is 5.32 Å². The topological polar surface area (TPSA) is 32.3 Å². The lowest BCUT2D eigenvalue weighted by Crippen LogP contribution is -2.54. The predicted octanol–water partition coefficient (Wildman–Crippen LogP) is 1.27. The van der Waals surface area contributed by atoms with Crippen LogP contribution in [0.2, 0.25) is 0 Å². The highest BCUT2D eigenvalue weighted by Gasteiger charge is 2.41. The van der Waals surface area contributed by atoms with Gasteiger partial charge < -0.3 is 10.2 Å². The highest BCUT2D eigenvalue weighted by molar-refractivity contribution is 5.85. The summed E-state index contributed by atoms with van der Waals surface area (Å²) in [6.07, 6.45) is 0.306. The van der Waals surface area contributed by atoms with Crippen molar-refractivity contribution in [1.82, 2.24) is 10.2 Å². The molecule has 0 spiro atoms. The van der Waals surface area contributed by atoms with E-state index in [4.69, 9.17) is 0 Å². The minimum atomic E-state index is -2.67. The Kier molecular flexibility index (Phi) is 4.12. The molecule has 0 aromatic rings. The SMILES string of the molecule is CC1CC(=O)N([C@H]2CNCC(F)(F)C2)C1.Cl. The molecule has 0 bridgehead atoms. The molecule has 6 heteroatoms. The van der Waals surface area contributed by atoms with Crippen molar-refractivity contribution >= 4 is 18.3 Å². The molecule has 3 nitrogen and oxygen atoms in total. The van der Waals surface area contributed by atoms with Crippen LogP contribution in [0.3, 0.4) is 0 Å². The van der Waals surface area contributed by atoms with Gasteiger partial charge in [-0.2, -0.15) is 0 Å². The van der Waals surface area contributed by atoms with Gasteiger partial charge in [0.25, 0.3) is 5.92 Å². The van der Waals surface area contributed by atoms with Crippen molar-refractivity contribution in [3.63, 3.8) is 0 Å². The molecule has 2 aliphatic heterocycles. The second-order valence-electron chi connectivity index (χ2n) is 4.70. The van der Waals surface area contributed by atoms with E-state index in [2.05, 4.69) is 5.32 Å². The molecule has 2 aliphatic rings. The molecule has 2 saturated heterocycles. The van der Waals surface area contributed by atoms with Crippen LogP contribution in [0.15, 0.2) is 0 Å². The molecule has 0 aliphatic carbocycles. The molecule has 1 N–H and O–H groups in total. The number of halogens is 3. The number of alkyl halides is 2. The van der Waals surface area contributed by atoms with Crippen molar-refractivity contribution in [3.05, 3.63) is 0 Å². The maximum Gasteiger partial charge on any atom is 0.262 e. The normalized spacial score (nSPS) is 33.7. The van der Waals surface area contributed by atoms with Crippen LogP contribution >= 0.6 is 12.4 Å². The first-order chi connectivity index (χ1) is 6.98. The summed E-state index contributed by atoms with van der Waals surface area (Å²) in [4.78, 5) is 13.2. The van der Waals surface area contributed by atoms with Gasteiger partial charge in [-0.05, 0) is 5.92 Å². The van der Waals surface area contributed by atoms with Crippen LogP contribution in [0.5, 0.6) is 0 Å². The maximum atomic E-state index is 13.1. The number of piperidine rings is 1. The Bertz CT molecular complexity index is 276. The van der Waals surface area contributed by atoms with Crippen LogP contribution in [0.4, 0.5) is 8.78 Å². The second kappa shape index (κ2) is 4.84. The summed E-state index contributed by atoms with van der Waals surface area (Å²) in [7, 11) is 0. The largest absolute Gasteiger partial charge is 0.338 e. The summed E-state index contributed by atoms with van der Waals surface area (Å²) in [5.74, 6) is -2.35. The molecule has 2 atom stereocenters. The third-order valence-corrected chi connectivity index (χ3v) is 3.09. The second-order valence-corrected chi connectivity index (χ2v) is 4.70. The summed E-state index contributed by atoms with van der Waals surface area (Å²) < 4.78 is 26.3. The van der Waals surface area contributed by atoms with E-state index in [0.717, 1.165) is 0 Å². The van der Waals surface area contributed by atoms with E-state index in [-0.39, 0.29) is 37.3 Å². The predicted molar refractivity (Wildman–Crippen MR) is 59.0 cm³/mol. The molecule has 0 aromatic carbocycles. The van der Waals surface area contributed by atoms with Crippen molar-refractivity contribution in [2.45, 2.75) is 31.7 Å². The van der Waals surface area contributed by atoms with Crippen molar-refractivity contribution in [3.8, 4) is 0 Å². The van der Waals surface area contributed by atoms with Crippen molar-refractivity contribution < 1.29 is 13.6 Å². The van der Waals surface area contributed by atoms with E-state index >= 15 is 0 Å². The van der Waals surface area contributed by atoms with Crippen LogP contribution in [0.1, 0.15) is 19.8 Å². The third-order valence-electron chi connectivity index (χ3n) is 3.09. The van der Waals surface area contributed by atoms with Gasteiger partial charge in [0.2, 0.25) is 5.91 Å². The fraction of sp³-hybridized carbons (Fsp3) is 0.900. The molecule has 16 heavy (non-hydrogen) atoms. The number of hydrogen-bond donors (Lipinski definition) is 1. The van der Waals surface area contributed by atoms with E-state index in [1.807, 2.05) is 6.92 Å². The molecule has 2 fully saturated rings. The van der Waals surface area contributed by atoms with E-state index in [0.29, 0.717) is 25.4 Å². The van der Waals surface area contributed by atoms with Gasteiger partial charge in [-0.15, -0.1) is 12.4 Å². The van der Waals surface area contributed by atoms with Gasteiger partial charge in [0, 0.05) is 32.0 Å². The Balaban J connectivity index is 0.00000128. The molecule has 0 aromatic heterocycles. The number of amides is 1. The van der Waals surface area contributed by atoms with Crippen molar-refractivity contribution in [2.75, 3.05) is 19.6 Å². The molecule has 2 heterocycles. The number of nitrogens with one attached hydrogen (secondary N) is 1. The minimum Gasteiger partial charge on any atom is -0.338 e. The summed E-state index contributed by atoms with van der Waals surface area (Å²) in [6.45, 7) is 2.84. The van der Waals surface area contributed by atoms with Crippen LogP contribution in [-0.2, 0) is 4.79 Å². The number of hydrogen-bond acceptors (Lipinski definition) is 2. The Morgan fingerprint density at radius 1 is 1.50 bits per heavy atom. The highest BCUT2D eigenvalue weighted by atomic mass is 35.5. The van der Waals surface area contributed by atoms with Gasteiger partial charge in [0.1, 0.15) is 0 Å². The average Bonchev–Trinajstić information content (AvgIpc) is 2.43. The summed E-state index contributed by atoms with van der Waals surface area (Å²) in [5.41, 5.74) is 0. The molecule has 0 saturated carbocycles. The van der Waals surface area contributed by atoms with Gasteiger partial charge in [-0.3, -0.25) is 4.79 Å².